The zero-order valence-electron chi connectivity index (χ0n) is 12.7. The Balaban J connectivity index is 1.46. The minimum atomic E-state index is 0.0390. The summed E-state index contributed by atoms with van der Waals surface area (Å²) in [6.45, 7) is 1.70. The topological polar surface area (TPSA) is 38.8 Å². The highest BCUT2D eigenvalue weighted by Gasteiger charge is 2.18. The van der Waals surface area contributed by atoms with E-state index in [9.17, 15) is 4.79 Å². The van der Waals surface area contributed by atoms with Crippen LogP contribution in [-0.2, 0) is 17.8 Å². The molecule has 0 bridgehead atoms. The zero-order chi connectivity index (χ0) is 15.6. The third kappa shape index (κ3) is 2.80. The van der Waals surface area contributed by atoms with Crippen molar-refractivity contribution in [1.29, 1.82) is 0 Å². The predicted octanol–water partition coefficient (Wildman–Crippen LogP) is 3.01. The summed E-state index contributed by atoms with van der Waals surface area (Å²) < 4.78 is 10.6. The second-order valence-corrected chi connectivity index (χ2v) is 5.72. The molecule has 2 aromatic carbocycles. The highest BCUT2D eigenvalue weighted by Crippen LogP contribution is 2.32. The van der Waals surface area contributed by atoms with E-state index < -0.39 is 0 Å². The lowest BCUT2D eigenvalue weighted by molar-refractivity contribution is -0.126. The maximum absolute atomic E-state index is 12.4. The maximum atomic E-state index is 12.4. The Morgan fingerprint density at radius 2 is 1.87 bits per heavy atom. The fourth-order valence-electron chi connectivity index (χ4n) is 2.97. The number of fused-ring (bicyclic) bond motifs is 2. The molecule has 4 rings (SSSR count). The summed E-state index contributed by atoms with van der Waals surface area (Å²) in [5, 5.41) is 0. The van der Waals surface area contributed by atoms with Gasteiger partial charge in [-0.1, -0.05) is 30.3 Å². The average molecular weight is 307 g/mol. The van der Waals surface area contributed by atoms with Crippen LogP contribution in [0.15, 0.2) is 48.5 Å². The lowest BCUT2D eigenvalue weighted by Gasteiger charge is -2.27. The SMILES string of the molecule is O=C(C=Cc1ccc2c(c1)OCO2)N1CCc2ccccc2C1. The highest BCUT2D eigenvalue weighted by atomic mass is 16.7. The van der Waals surface area contributed by atoms with E-state index in [0.29, 0.717) is 6.54 Å². The molecular weight excluding hydrogens is 290 g/mol. The van der Waals surface area contributed by atoms with Gasteiger partial charge in [0.05, 0.1) is 0 Å². The number of amides is 1. The van der Waals surface area contributed by atoms with E-state index in [2.05, 4.69) is 18.2 Å². The van der Waals surface area contributed by atoms with E-state index in [1.54, 1.807) is 6.08 Å². The van der Waals surface area contributed by atoms with E-state index in [1.165, 1.54) is 11.1 Å². The van der Waals surface area contributed by atoms with Crippen molar-refractivity contribution in [3.05, 3.63) is 65.2 Å². The first-order valence-electron chi connectivity index (χ1n) is 7.73. The molecule has 0 spiro atoms. The number of hydrogen-bond acceptors (Lipinski definition) is 3. The van der Waals surface area contributed by atoms with Gasteiger partial charge >= 0.3 is 0 Å². The molecule has 0 saturated carbocycles. The van der Waals surface area contributed by atoms with Gasteiger partial charge in [-0.15, -0.1) is 0 Å². The van der Waals surface area contributed by atoms with Crippen LogP contribution in [-0.4, -0.2) is 24.1 Å². The van der Waals surface area contributed by atoms with E-state index in [0.717, 1.165) is 30.0 Å². The van der Waals surface area contributed by atoms with Gasteiger partial charge in [0, 0.05) is 19.2 Å². The van der Waals surface area contributed by atoms with Crippen LogP contribution in [0.5, 0.6) is 11.5 Å². The first-order chi connectivity index (χ1) is 11.3. The van der Waals surface area contributed by atoms with Crippen molar-refractivity contribution in [1.82, 2.24) is 4.90 Å². The Morgan fingerprint density at radius 1 is 1.04 bits per heavy atom. The Morgan fingerprint density at radius 3 is 2.78 bits per heavy atom. The lowest BCUT2D eigenvalue weighted by atomic mass is 10.00. The van der Waals surface area contributed by atoms with Crippen LogP contribution in [0.25, 0.3) is 6.08 Å². The van der Waals surface area contributed by atoms with Crippen LogP contribution in [0.2, 0.25) is 0 Å². The first kappa shape index (κ1) is 13.9. The molecule has 0 N–H and O–H groups in total. The molecule has 1 amide bonds. The monoisotopic (exact) mass is 307 g/mol. The molecule has 0 atom stereocenters. The molecule has 4 nitrogen and oxygen atoms in total. The molecule has 0 saturated heterocycles. The highest BCUT2D eigenvalue weighted by molar-refractivity contribution is 5.92. The Kier molecular flexibility index (Phi) is 3.50. The van der Waals surface area contributed by atoms with Crippen molar-refractivity contribution in [2.24, 2.45) is 0 Å². The third-order valence-corrected chi connectivity index (χ3v) is 4.26. The number of nitrogens with zero attached hydrogens (tertiary/aromatic N) is 1. The number of benzene rings is 2. The molecule has 0 unspecified atom stereocenters. The molecule has 2 aromatic rings. The van der Waals surface area contributed by atoms with E-state index >= 15 is 0 Å². The third-order valence-electron chi connectivity index (χ3n) is 4.26. The fraction of sp³-hybridized carbons (Fsp3) is 0.211. The number of ether oxygens (including phenoxy) is 2. The summed E-state index contributed by atoms with van der Waals surface area (Å²) in [5.41, 5.74) is 3.51. The first-order valence-corrected chi connectivity index (χ1v) is 7.73. The largest absolute Gasteiger partial charge is 0.454 e. The smallest absolute Gasteiger partial charge is 0.246 e. The molecule has 4 heteroatoms. The summed E-state index contributed by atoms with van der Waals surface area (Å²) in [6, 6.07) is 14.0. The van der Waals surface area contributed by atoms with Gasteiger partial charge in [0.1, 0.15) is 0 Å². The molecule has 0 fully saturated rings. The summed E-state index contributed by atoms with van der Waals surface area (Å²) >= 11 is 0. The standard InChI is InChI=1S/C19H17NO3/c21-19(20-10-9-15-3-1-2-4-16(15)12-20)8-6-14-5-7-17-18(11-14)23-13-22-17/h1-8,11H,9-10,12-13H2. The van der Waals surface area contributed by atoms with Gasteiger partial charge in [0.15, 0.2) is 11.5 Å². The summed E-state index contributed by atoms with van der Waals surface area (Å²) in [6.07, 6.45) is 4.37. The summed E-state index contributed by atoms with van der Waals surface area (Å²) in [4.78, 5) is 14.3. The quantitative estimate of drug-likeness (QED) is 0.801. The van der Waals surface area contributed by atoms with Crippen LogP contribution in [0, 0.1) is 0 Å². The van der Waals surface area contributed by atoms with Crippen molar-refractivity contribution in [2.75, 3.05) is 13.3 Å². The second kappa shape index (κ2) is 5.80. The number of hydrogen-bond donors (Lipinski definition) is 0. The van der Waals surface area contributed by atoms with Crippen LogP contribution in [0.1, 0.15) is 16.7 Å². The minimum absolute atomic E-state index is 0.0390. The van der Waals surface area contributed by atoms with Gasteiger partial charge in [-0.3, -0.25) is 4.79 Å². The van der Waals surface area contributed by atoms with E-state index in [-0.39, 0.29) is 12.7 Å². The molecule has 116 valence electrons. The summed E-state index contributed by atoms with van der Waals surface area (Å²) in [7, 11) is 0. The Bertz CT molecular complexity index is 782. The van der Waals surface area contributed by atoms with Crippen LogP contribution in [0.3, 0.4) is 0 Å². The predicted molar refractivity (Wildman–Crippen MR) is 87.2 cm³/mol. The molecule has 23 heavy (non-hydrogen) atoms. The van der Waals surface area contributed by atoms with Gasteiger partial charge < -0.3 is 14.4 Å². The second-order valence-electron chi connectivity index (χ2n) is 5.72. The zero-order valence-corrected chi connectivity index (χ0v) is 12.7. The van der Waals surface area contributed by atoms with Crippen molar-refractivity contribution in [3.8, 4) is 11.5 Å². The van der Waals surface area contributed by atoms with Crippen LogP contribution >= 0.6 is 0 Å². The van der Waals surface area contributed by atoms with Crippen LogP contribution < -0.4 is 9.47 Å². The molecule has 2 heterocycles. The van der Waals surface area contributed by atoms with Gasteiger partial charge in [-0.2, -0.15) is 0 Å². The van der Waals surface area contributed by atoms with Gasteiger partial charge in [-0.05, 0) is 41.3 Å². The van der Waals surface area contributed by atoms with E-state index in [1.807, 2.05) is 35.2 Å². The molecule has 2 aliphatic rings. The average Bonchev–Trinajstić information content (AvgIpc) is 3.07. The molecule has 0 radical (unpaired) electrons. The number of carbonyl (C=O) groups is 1. The number of rotatable bonds is 2. The van der Waals surface area contributed by atoms with Crippen LogP contribution in [0.4, 0.5) is 0 Å². The minimum Gasteiger partial charge on any atom is -0.454 e. The fourth-order valence-corrected chi connectivity index (χ4v) is 2.97. The van der Waals surface area contributed by atoms with Crippen molar-refractivity contribution in [3.63, 3.8) is 0 Å². The Labute approximate surface area is 134 Å². The van der Waals surface area contributed by atoms with Gasteiger partial charge in [0.2, 0.25) is 12.7 Å². The normalized spacial score (nSPS) is 15.7. The van der Waals surface area contributed by atoms with Gasteiger partial charge in [0.25, 0.3) is 0 Å². The maximum Gasteiger partial charge on any atom is 0.246 e. The van der Waals surface area contributed by atoms with Gasteiger partial charge in [-0.25, -0.2) is 0 Å². The summed E-state index contributed by atoms with van der Waals surface area (Å²) in [5.74, 6) is 1.52. The number of carbonyl (C=O) groups excluding carboxylic acids is 1. The van der Waals surface area contributed by atoms with Crippen molar-refractivity contribution in [2.45, 2.75) is 13.0 Å². The van der Waals surface area contributed by atoms with E-state index in [4.69, 9.17) is 9.47 Å². The van der Waals surface area contributed by atoms with Crippen molar-refractivity contribution < 1.29 is 14.3 Å². The molecule has 0 aromatic heterocycles. The Hall–Kier alpha value is -2.75. The molecular formula is C19H17NO3. The van der Waals surface area contributed by atoms with Crippen molar-refractivity contribution >= 4 is 12.0 Å². The molecule has 2 aliphatic heterocycles. The lowest BCUT2D eigenvalue weighted by Crippen LogP contribution is -2.34. The molecule has 0 aliphatic carbocycles.